The second-order valence-electron chi connectivity index (χ2n) is 5.81. The predicted octanol–water partition coefficient (Wildman–Crippen LogP) is 4.17. The molecule has 0 bridgehead atoms. The zero-order valence-electron chi connectivity index (χ0n) is 13.9. The van der Waals surface area contributed by atoms with Gasteiger partial charge in [-0.25, -0.2) is 5.43 Å². The van der Waals surface area contributed by atoms with E-state index in [1.807, 2.05) is 48.6 Å². The lowest BCUT2D eigenvalue weighted by atomic mass is 9.96. The summed E-state index contributed by atoms with van der Waals surface area (Å²) >= 11 is 0. The summed E-state index contributed by atoms with van der Waals surface area (Å²) in [6, 6.07) is 22.0. The highest BCUT2D eigenvalue weighted by Crippen LogP contribution is 2.24. The molecule has 1 N–H and O–H groups in total. The maximum Gasteiger partial charge on any atom is 0.273 e. The number of carbonyl (C=O) groups is 1. The van der Waals surface area contributed by atoms with Gasteiger partial charge in [-0.05, 0) is 28.8 Å². The zero-order chi connectivity index (χ0) is 17.8. The van der Waals surface area contributed by atoms with Gasteiger partial charge in [0.05, 0.1) is 18.1 Å². The highest BCUT2D eigenvalue weighted by molar-refractivity contribution is 6.31. The molecule has 2 heterocycles. The summed E-state index contributed by atoms with van der Waals surface area (Å²) < 4.78 is 5.11. The van der Waals surface area contributed by atoms with Crippen LogP contribution >= 0.6 is 0 Å². The SMILES string of the molecule is O=C1NN=C(c2ccoc2)/C1=C/C=C(c1ccccc1)c1ccccc1. The molecule has 4 nitrogen and oxygen atoms in total. The molecule has 0 spiro atoms. The molecule has 1 aromatic heterocycles. The molecule has 26 heavy (non-hydrogen) atoms. The van der Waals surface area contributed by atoms with Gasteiger partial charge >= 0.3 is 0 Å². The summed E-state index contributed by atoms with van der Waals surface area (Å²) in [5.41, 5.74) is 7.57. The molecule has 0 aliphatic carbocycles. The molecule has 0 saturated carbocycles. The molecule has 0 unspecified atom stereocenters. The van der Waals surface area contributed by atoms with Gasteiger partial charge < -0.3 is 4.42 Å². The smallest absolute Gasteiger partial charge is 0.273 e. The number of carbonyl (C=O) groups excluding carboxylic acids is 1. The summed E-state index contributed by atoms with van der Waals surface area (Å²) in [4.78, 5) is 12.2. The van der Waals surface area contributed by atoms with Gasteiger partial charge in [0.15, 0.2) is 0 Å². The van der Waals surface area contributed by atoms with Crippen molar-refractivity contribution >= 4 is 17.2 Å². The predicted molar refractivity (Wildman–Crippen MR) is 101 cm³/mol. The van der Waals surface area contributed by atoms with Crippen LogP contribution in [0.4, 0.5) is 0 Å². The standard InChI is InChI=1S/C22H16N2O2/c25-22-20(21(23-24-22)18-13-14-26-15-18)12-11-19(16-7-3-1-4-8-16)17-9-5-2-6-10-17/h1-15H,(H,24,25)/b20-12-. The molecule has 1 amide bonds. The van der Waals surface area contributed by atoms with Crippen molar-refractivity contribution < 1.29 is 9.21 Å². The van der Waals surface area contributed by atoms with Gasteiger partial charge in [-0.3, -0.25) is 4.79 Å². The molecular weight excluding hydrogens is 324 g/mol. The highest BCUT2D eigenvalue weighted by Gasteiger charge is 2.24. The maximum absolute atomic E-state index is 12.2. The van der Waals surface area contributed by atoms with E-state index in [4.69, 9.17) is 4.42 Å². The van der Waals surface area contributed by atoms with Gasteiger partial charge in [-0.1, -0.05) is 66.7 Å². The van der Waals surface area contributed by atoms with E-state index >= 15 is 0 Å². The lowest BCUT2D eigenvalue weighted by Gasteiger charge is -2.08. The Morgan fingerprint density at radius 2 is 1.58 bits per heavy atom. The largest absolute Gasteiger partial charge is 0.472 e. The van der Waals surface area contributed by atoms with E-state index in [1.54, 1.807) is 18.6 Å². The Balaban J connectivity index is 1.79. The number of hydrogen-bond donors (Lipinski definition) is 1. The van der Waals surface area contributed by atoms with Crippen LogP contribution in [0, 0.1) is 0 Å². The molecule has 1 aliphatic heterocycles. The number of benzene rings is 2. The Morgan fingerprint density at radius 1 is 0.923 bits per heavy atom. The second kappa shape index (κ2) is 7.07. The molecule has 4 heteroatoms. The van der Waals surface area contributed by atoms with Crippen LogP contribution in [0.5, 0.6) is 0 Å². The number of amides is 1. The number of hydrazone groups is 1. The molecule has 0 fully saturated rings. The van der Waals surface area contributed by atoms with E-state index in [9.17, 15) is 4.79 Å². The van der Waals surface area contributed by atoms with Crippen molar-refractivity contribution in [3.8, 4) is 0 Å². The van der Waals surface area contributed by atoms with Crippen molar-refractivity contribution in [2.45, 2.75) is 0 Å². The Kier molecular flexibility index (Phi) is 4.31. The third kappa shape index (κ3) is 3.13. The Labute approximate surface area is 151 Å². The normalized spacial score (nSPS) is 14.8. The van der Waals surface area contributed by atoms with Crippen molar-refractivity contribution in [3.63, 3.8) is 0 Å². The van der Waals surface area contributed by atoms with Gasteiger partial charge in [-0.2, -0.15) is 5.10 Å². The number of rotatable bonds is 4. The average Bonchev–Trinajstić information content (AvgIpc) is 3.34. The summed E-state index contributed by atoms with van der Waals surface area (Å²) in [6.45, 7) is 0. The Bertz CT molecular complexity index is 957. The van der Waals surface area contributed by atoms with Crippen molar-refractivity contribution in [2.75, 3.05) is 0 Å². The second-order valence-corrected chi connectivity index (χ2v) is 5.81. The van der Waals surface area contributed by atoms with Crippen molar-refractivity contribution in [1.82, 2.24) is 5.43 Å². The highest BCUT2D eigenvalue weighted by atomic mass is 16.3. The quantitative estimate of drug-likeness (QED) is 0.725. The summed E-state index contributed by atoms with van der Waals surface area (Å²) in [5.74, 6) is -0.224. The average molecular weight is 340 g/mol. The molecule has 2 aromatic carbocycles. The van der Waals surface area contributed by atoms with Gasteiger partial charge in [0.25, 0.3) is 5.91 Å². The van der Waals surface area contributed by atoms with Gasteiger partial charge in [0.1, 0.15) is 5.71 Å². The van der Waals surface area contributed by atoms with Crippen LogP contribution in [0.2, 0.25) is 0 Å². The lowest BCUT2D eigenvalue weighted by Crippen LogP contribution is -2.13. The molecule has 3 aromatic rings. The first-order valence-corrected chi connectivity index (χ1v) is 8.27. The minimum Gasteiger partial charge on any atom is -0.472 e. The van der Waals surface area contributed by atoms with Crippen LogP contribution in [-0.2, 0) is 4.79 Å². The number of hydrogen-bond acceptors (Lipinski definition) is 3. The van der Waals surface area contributed by atoms with Crippen LogP contribution in [0.15, 0.2) is 107 Å². The fourth-order valence-corrected chi connectivity index (χ4v) is 2.87. The van der Waals surface area contributed by atoms with E-state index in [0.29, 0.717) is 11.3 Å². The number of furan rings is 1. The minimum absolute atomic E-state index is 0.224. The Morgan fingerprint density at radius 3 is 2.15 bits per heavy atom. The number of nitrogens with one attached hydrogen (secondary N) is 1. The number of allylic oxidation sites excluding steroid dienone is 2. The van der Waals surface area contributed by atoms with E-state index in [0.717, 1.165) is 22.3 Å². The summed E-state index contributed by atoms with van der Waals surface area (Å²) in [5, 5.41) is 4.12. The first-order valence-electron chi connectivity index (χ1n) is 8.27. The molecule has 0 saturated heterocycles. The first kappa shape index (κ1) is 15.8. The molecule has 126 valence electrons. The monoisotopic (exact) mass is 340 g/mol. The van der Waals surface area contributed by atoms with Crippen molar-refractivity contribution in [3.05, 3.63) is 114 Å². The summed E-state index contributed by atoms with van der Waals surface area (Å²) in [6.07, 6.45) is 6.91. The van der Waals surface area contributed by atoms with Crippen LogP contribution < -0.4 is 5.43 Å². The Hall–Kier alpha value is -3.66. The van der Waals surface area contributed by atoms with Crippen molar-refractivity contribution in [1.29, 1.82) is 0 Å². The van der Waals surface area contributed by atoms with Crippen molar-refractivity contribution in [2.24, 2.45) is 5.10 Å². The third-order valence-electron chi connectivity index (χ3n) is 4.15. The topological polar surface area (TPSA) is 54.6 Å². The molecule has 0 radical (unpaired) electrons. The molecule has 1 aliphatic rings. The van der Waals surface area contributed by atoms with E-state index < -0.39 is 0 Å². The zero-order valence-corrected chi connectivity index (χ0v) is 13.9. The van der Waals surface area contributed by atoms with Crippen LogP contribution in [0.1, 0.15) is 16.7 Å². The van der Waals surface area contributed by atoms with E-state index in [-0.39, 0.29) is 5.91 Å². The number of nitrogens with zero attached hydrogens (tertiary/aromatic N) is 1. The van der Waals surface area contributed by atoms with E-state index in [1.165, 1.54) is 0 Å². The van der Waals surface area contributed by atoms with Crippen LogP contribution in [0.3, 0.4) is 0 Å². The first-order chi connectivity index (χ1) is 12.8. The van der Waals surface area contributed by atoms with E-state index in [2.05, 4.69) is 34.8 Å². The molecular formula is C22H16N2O2. The molecule has 4 rings (SSSR count). The fraction of sp³-hybridized carbons (Fsp3) is 0. The maximum atomic E-state index is 12.2. The van der Waals surface area contributed by atoms with Crippen LogP contribution in [0.25, 0.3) is 5.57 Å². The third-order valence-corrected chi connectivity index (χ3v) is 4.15. The van der Waals surface area contributed by atoms with Crippen LogP contribution in [-0.4, -0.2) is 11.6 Å². The lowest BCUT2D eigenvalue weighted by molar-refractivity contribution is -0.116. The fourth-order valence-electron chi connectivity index (χ4n) is 2.87. The van der Waals surface area contributed by atoms with Gasteiger partial charge in [-0.15, -0.1) is 0 Å². The van der Waals surface area contributed by atoms with Gasteiger partial charge in [0, 0.05) is 5.56 Å². The minimum atomic E-state index is -0.224. The van der Waals surface area contributed by atoms with Gasteiger partial charge in [0.2, 0.25) is 0 Å². The summed E-state index contributed by atoms with van der Waals surface area (Å²) in [7, 11) is 0. The molecule has 0 atom stereocenters.